The minimum atomic E-state index is -0.410. The van der Waals surface area contributed by atoms with Crippen molar-refractivity contribution < 1.29 is 19.5 Å². The number of hydrogen-bond acceptors (Lipinski definition) is 8. The van der Waals surface area contributed by atoms with E-state index in [1.54, 1.807) is 0 Å². The molecule has 0 fully saturated rings. The van der Waals surface area contributed by atoms with Gasteiger partial charge >= 0.3 is 19.5 Å². The van der Waals surface area contributed by atoms with Gasteiger partial charge in [-0.2, -0.15) is 4.37 Å². The van der Waals surface area contributed by atoms with Gasteiger partial charge in [0.15, 0.2) is 0 Å². The molecule has 0 saturated heterocycles. The van der Waals surface area contributed by atoms with E-state index in [1.165, 1.54) is 11.5 Å². The van der Waals surface area contributed by atoms with Gasteiger partial charge < -0.3 is 18.9 Å². The third-order valence-electron chi connectivity index (χ3n) is 8.54. The van der Waals surface area contributed by atoms with Gasteiger partial charge in [0.05, 0.1) is 27.6 Å². The number of rotatable bonds is 7. The normalized spacial score (nSPS) is 11.0. The summed E-state index contributed by atoms with van der Waals surface area (Å²) in [6.07, 6.45) is 0. The Bertz CT molecular complexity index is 2330. The number of benzene rings is 4. The summed E-state index contributed by atoms with van der Waals surface area (Å²) in [6, 6.07) is 45.1. The summed E-state index contributed by atoms with van der Waals surface area (Å²) >= 11 is 1.43. The van der Waals surface area contributed by atoms with Crippen LogP contribution in [0.2, 0.25) is 0 Å². The van der Waals surface area contributed by atoms with Crippen LogP contribution < -0.4 is 5.21 Å². The SMILES string of the molecule is Cc1cc(-c2ccccc2)nn1[B-](n1nc(-c2ccccc2)cc1C)n1nc(-c2ccccc2)cc1C.[Zn+2].c1ccc2c(-c3nn[n-]n3)nsc2c1. The number of hydrogen-bond donors (Lipinski definition) is 0. The molecule has 0 bridgehead atoms. The van der Waals surface area contributed by atoms with E-state index in [2.05, 4.69) is 100 Å². The van der Waals surface area contributed by atoms with Crippen molar-refractivity contribution in [3.63, 3.8) is 0 Å². The molecule has 14 heteroatoms. The summed E-state index contributed by atoms with van der Waals surface area (Å²) in [6.45, 7) is 6.25. The Hall–Kier alpha value is -5.84. The minimum Gasteiger partial charge on any atom is -0.422 e. The zero-order valence-electron chi connectivity index (χ0n) is 28.8. The summed E-state index contributed by atoms with van der Waals surface area (Å²) in [4.78, 5) is 0. The second-order valence-electron chi connectivity index (χ2n) is 12.0. The van der Waals surface area contributed by atoms with Crippen LogP contribution in [0.15, 0.2) is 133 Å². The maximum absolute atomic E-state index is 5.07. The van der Waals surface area contributed by atoms with Crippen LogP contribution in [0, 0.1) is 20.8 Å². The van der Waals surface area contributed by atoms with Gasteiger partial charge in [0.2, 0.25) is 0 Å². The number of tetrazole rings is 1. The molecule has 9 aromatic rings. The quantitative estimate of drug-likeness (QED) is 0.157. The number of nitrogens with zero attached hydrogens (tertiary/aromatic N) is 11. The van der Waals surface area contributed by atoms with Crippen molar-refractivity contribution in [2.24, 2.45) is 0 Å². The standard InChI is InChI=1S/C30H27BN6.C8H4N5S.Zn/c1-22-19-28(25-13-7-4-8-14-25)32-35(22)31(36-23(2)20-29(33-36)26-15-9-5-10-16-26)37-24(3)21-30(34-37)27-17-11-6-12-18-27;1-2-4-6-5(3-1)7(11-14-6)8-9-12-13-10-8;/h4-21H,1-3H3;1-4H;/q2*-1;+2. The molecule has 5 heterocycles. The molecule has 52 heavy (non-hydrogen) atoms. The molecule has 4 aromatic carbocycles. The van der Waals surface area contributed by atoms with Crippen LogP contribution in [-0.4, -0.2) is 56.0 Å². The van der Waals surface area contributed by atoms with Crippen molar-refractivity contribution in [1.82, 2.24) is 54.1 Å². The summed E-state index contributed by atoms with van der Waals surface area (Å²) < 4.78 is 11.5. The Kier molecular flexibility index (Phi) is 10.1. The Balaban J connectivity index is 0.000000234. The van der Waals surface area contributed by atoms with E-state index in [0.717, 1.165) is 66.6 Å². The third-order valence-corrected chi connectivity index (χ3v) is 9.37. The van der Waals surface area contributed by atoms with Gasteiger partial charge in [-0.3, -0.25) is 10.4 Å². The van der Waals surface area contributed by atoms with Gasteiger partial charge in [0.25, 0.3) is 7.12 Å². The van der Waals surface area contributed by atoms with E-state index >= 15 is 0 Å². The maximum atomic E-state index is 5.07. The Labute approximate surface area is 317 Å². The van der Waals surface area contributed by atoms with E-state index in [9.17, 15) is 0 Å². The van der Waals surface area contributed by atoms with E-state index in [4.69, 9.17) is 15.3 Å². The number of aromatic nitrogens is 11. The molecule has 0 aliphatic rings. The predicted octanol–water partition coefficient (Wildman–Crippen LogP) is 7.23. The van der Waals surface area contributed by atoms with Crippen LogP contribution in [0.1, 0.15) is 17.1 Å². The zero-order chi connectivity index (χ0) is 34.7. The van der Waals surface area contributed by atoms with Crippen LogP contribution in [0.4, 0.5) is 0 Å². The molecule has 0 saturated carbocycles. The molecule has 11 nitrogen and oxygen atoms in total. The average molecular weight is 750 g/mol. The molecule has 0 spiro atoms. The zero-order valence-corrected chi connectivity index (χ0v) is 32.6. The second kappa shape index (κ2) is 15.2. The first kappa shape index (κ1) is 34.6. The van der Waals surface area contributed by atoms with E-state index in [-0.39, 0.29) is 19.5 Å². The van der Waals surface area contributed by atoms with Gasteiger partial charge in [0, 0.05) is 22.1 Å². The first-order valence-electron chi connectivity index (χ1n) is 16.4. The minimum absolute atomic E-state index is 0. The van der Waals surface area contributed by atoms with Crippen LogP contribution in [-0.2, 0) is 19.5 Å². The summed E-state index contributed by atoms with van der Waals surface area (Å²) in [5, 5.41) is 30.7. The van der Waals surface area contributed by atoms with E-state index in [1.807, 2.05) is 92.6 Å². The van der Waals surface area contributed by atoms with Crippen molar-refractivity contribution in [2.75, 3.05) is 0 Å². The Morgan fingerprint density at radius 1 is 0.558 bits per heavy atom. The summed E-state index contributed by atoms with van der Waals surface area (Å²) in [5.74, 6) is 0.488. The molecule has 0 unspecified atom stereocenters. The second-order valence-corrected chi connectivity index (χ2v) is 12.8. The van der Waals surface area contributed by atoms with Gasteiger partial charge in [0.1, 0.15) is 5.69 Å². The first-order valence-corrected chi connectivity index (χ1v) is 17.2. The molecule has 0 N–H and O–H groups in total. The Morgan fingerprint density at radius 2 is 0.981 bits per heavy atom. The van der Waals surface area contributed by atoms with Gasteiger partial charge in [-0.1, -0.05) is 109 Å². The molecular formula is C38H31BN11SZn. The fourth-order valence-electron chi connectivity index (χ4n) is 6.01. The molecule has 0 atom stereocenters. The predicted molar refractivity (Wildman–Crippen MR) is 201 cm³/mol. The maximum Gasteiger partial charge on any atom is 2.00 e. The van der Waals surface area contributed by atoms with E-state index in [0.29, 0.717) is 5.82 Å². The monoisotopic (exact) mass is 748 g/mol. The smallest absolute Gasteiger partial charge is 0.422 e. The number of aryl methyl sites for hydroxylation is 3. The summed E-state index contributed by atoms with van der Waals surface area (Å²) in [7, 11) is -0.410. The van der Waals surface area contributed by atoms with Crippen molar-refractivity contribution in [1.29, 1.82) is 0 Å². The van der Waals surface area contributed by atoms with Crippen LogP contribution in [0.3, 0.4) is 0 Å². The molecule has 0 amide bonds. The molecule has 0 aliphatic heterocycles. The van der Waals surface area contributed by atoms with Crippen LogP contribution >= 0.6 is 11.5 Å². The summed E-state index contributed by atoms with van der Waals surface area (Å²) in [5.41, 5.74) is 9.82. The molecular weight excluding hydrogens is 719 g/mol. The van der Waals surface area contributed by atoms with Gasteiger partial charge in [-0.25, -0.2) is 20.4 Å². The van der Waals surface area contributed by atoms with Crippen molar-refractivity contribution in [3.05, 3.63) is 151 Å². The molecule has 249 valence electrons. The fourth-order valence-corrected chi connectivity index (χ4v) is 6.78. The van der Waals surface area contributed by atoms with Crippen molar-refractivity contribution >= 4 is 28.7 Å². The molecule has 9 rings (SSSR count). The molecule has 1 radical (unpaired) electrons. The van der Waals surface area contributed by atoms with Crippen LogP contribution in [0.25, 0.3) is 55.4 Å². The van der Waals surface area contributed by atoms with Gasteiger partial charge in [-0.05, 0) is 73.7 Å². The third kappa shape index (κ3) is 6.90. The molecule has 5 aromatic heterocycles. The largest absolute Gasteiger partial charge is 2.00 e. The van der Waals surface area contributed by atoms with Gasteiger partial charge in [-0.15, -0.1) is 0 Å². The van der Waals surface area contributed by atoms with Crippen LogP contribution in [0.5, 0.6) is 0 Å². The van der Waals surface area contributed by atoms with Crippen molar-refractivity contribution in [2.45, 2.75) is 20.8 Å². The Morgan fingerprint density at radius 3 is 1.40 bits per heavy atom. The first-order chi connectivity index (χ1) is 25.0. The molecule has 0 aliphatic carbocycles. The van der Waals surface area contributed by atoms with Crippen molar-refractivity contribution in [3.8, 4) is 45.3 Å². The fraction of sp³-hybridized carbons (Fsp3) is 0.0789. The number of fused-ring (bicyclic) bond motifs is 1. The topological polar surface area (TPSA) is 119 Å². The average Bonchev–Trinajstić information content (AvgIpc) is 4.03. The van der Waals surface area contributed by atoms with E-state index < -0.39 is 7.12 Å².